The van der Waals surface area contributed by atoms with Crippen molar-refractivity contribution in [1.82, 2.24) is 5.32 Å². The van der Waals surface area contributed by atoms with Crippen LogP contribution in [-0.2, 0) is 9.09 Å². The maximum Gasteiger partial charge on any atom is 0.269 e. The van der Waals surface area contributed by atoms with Gasteiger partial charge in [0.15, 0.2) is 0 Å². The second-order valence-electron chi connectivity index (χ2n) is 4.89. The summed E-state index contributed by atoms with van der Waals surface area (Å²) in [4.78, 5) is 10.3. The van der Waals surface area contributed by atoms with Crippen molar-refractivity contribution in [3.05, 3.63) is 70.3 Å². The van der Waals surface area contributed by atoms with Gasteiger partial charge in [-0.05, 0) is 31.7 Å². The second-order valence-corrected chi connectivity index (χ2v) is 7.38. The fraction of sp³-hybridized carbons (Fsp3) is 0.250. The highest BCUT2D eigenvalue weighted by molar-refractivity contribution is 7.67. The summed E-state index contributed by atoms with van der Waals surface area (Å²) in [5.41, 5.74) is 0.794. The zero-order chi connectivity index (χ0) is 16.9. The van der Waals surface area contributed by atoms with Gasteiger partial charge in [-0.15, -0.1) is 0 Å². The zero-order valence-corrected chi connectivity index (χ0v) is 13.9. The van der Waals surface area contributed by atoms with Crippen LogP contribution in [0.4, 0.5) is 5.69 Å². The number of nitro groups is 1. The van der Waals surface area contributed by atoms with Crippen LogP contribution in [0.3, 0.4) is 0 Å². The molecular formula is C16H19N2O4P. The van der Waals surface area contributed by atoms with E-state index in [0.29, 0.717) is 5.30 Å². The number of non-ortho nitro benzene ring substituents is 1. The zero-order valence-electron chi connectivity index (χ0n) is 13.0. The Morgan fingerprint density at radius 3 is 2.26 bits per heavy atom. The minimum Gasteiger partial charge on any atom is -0.324 e. The summed E-state index contributed by atoms with van der Waals surface area (Å²) in [7, 11) is -1.57. The van der Waals surface area contributed by atoms with E-state index in [0.717, 1.165) is 5.56 Å². The minimum atomic E-state index is -3.29. The number of nitrogens with zero attached hydrogens (tertiary/aromatic N) is 1. The molecule has 0 fully saturated rings. The lowest BCUT2D eigenvalue weighted by molar-refractivity contribution is -0.384. The Balaban J connectivity index is 2.49. The lowest BCUT2D eigenvalue weighted by Crippen LogP contribution is -2.24. The van der Waals surface area contributed by atoms with Crippen LogP contribution < -0.4 is 10.6 Å². The molecule has 2 aromatic rings. The SMILES string of the molecule is CCOP(=O)(c1ccc([N+](=O)[O-])cc1)C(NC)c1ccccc1. The number of benzene rings is 2. The molecule has 0 radical (unpaired) electrons. The summed E-state index contributed by atoms with van der Waals surface area (Å²) in [5, 5.41) is 14.3. The fourth-order valence-corrected chi connectivity index (χ4v) is 4.89. The Labute approximate surface area is 135 Å². The third-order valence-corrected chi connectivity index (χ3v) is 6.37. The van der Waals surface area contributed by atoms with Crippen LogP contribution in [0.2, 0.25) is 0 Å². The van der Waals surface area contributed by atoms with Gasteiger partial charge in [-0.25, -0.2) is 0 Å². The van der Waals surface area contributed by atoms with Gasteiger partial charge in [0.05, 0.1) is 11.5 Å². The predicted molar refractivity (Wildman–Crippen MR) is 90.2 cm³/mol. The summed E-state index contributed by atoms with van der Waals surface area (Å²) in [5.74, 6) is -0.523. The van der Waals surface area contributed by atoms with Crippen LogP contribution in [0.1, 0.15) is 18.3 Å². The van der Waals surface area contributed by atoms with Crippen LogP contribution in [0.25, 0.3) is 0 Å². The van der Waals surface area contributed by atoms with E-state index in [2.05, 4.69) is 5.32 Å². The maximum absolute atomic E-state index is 13.6. The lowest BCUT2D eigenvalue weighted by atomic mass is 10.2. The van der Waals surface area contributed by atoms with Crippen LogP contribution >= 0.6 is 7.37 Å². The van der Waals surface area contributed by atoms with Gasteiger partial charge in [0.2, 0.25) is 0 Å². The average molecular weight is 334 g/mol. The molecule has 7 heteroatoms. The topological polar surface area (TPSA) is 81.5 Å². The summed E-state index contributed by atoms with van der Waals surface area (Å²) < 4.78 is 19.2. The molecular weight excluding hydrogens is 315 g/mol. The molecule has 6 nitrogen and oxygen atoms in total. The molecule has 2 aromatic carbocycles. The third-order valence-electron chi connectivity index (χ3n) is 3.47. The second kappa shape index (κ2) is 7.51. The van der Waals surface area contributed by atoms with Gasteiger partial charge in [-0.3, -0.25) is 14.7 Å². The van der Waals surface area contributed by atoms with Crippen molar-refractivity contribution in [2.45, 2.75) is 12.7 Å². The molecule has 2 rings (SSSR count). The van der Waals surface area contributed by atoms with Crippen molar-refractivity contribution < 1.29 is 14.0 Å². The standard InChI is InChI=1S/C16H19N2O4P/c1-3-22-23(21,15-11-9-14(10-12-15)18(19)20)16(17-2)13-7-5-4-6-8-13/h4-12,16-17H,3H2,1-2H3. The molecule has 0 aromatic heterocycles. The van der Waals surface area contributed by atoms with E-state index in [-0.39, 0.29) is 12.3 Å². The van der Waals surface area contributed by atoms with Gasteiger partial charge in [0, 0.05) is 17.4 Å². The molecule has 0 saturated heterocycles. The highest BCUT2D eigenvalue weighted by atomic mass is 31.2. The van der Waals surface area contributed by atoms with Gasteiger partial charge in [-0.1, -0.05) is 30.3 Å². The van der Waals surface area contributed by atoms with Crippen LogP contribution in [-0.4, -0.2) is 18.6 Å². The molecule has 0 amide bonds. The van der Waals surface area contributed by atoms with Gasteiger partial charge < -0.3 is 9.84 Å². The Kier molecular flexibility index (Phi) is 5.66. The molecule has 0 bridgehead atoms. The summed E-state index contributed by atoms with van der Waals surface area (Å²) in [6.45, 7) is 2.05. The fourth-order valence-electron chi connectivity index (χ4n) is 2.44. The Morgan fingerprint density at radius 1 is 1.17 bits per heavy atom. The first-order chi connectivity index (χ1) is 11.0. The molecule has 0 aliphatic rings. The number of rotatable bonds is 7. The van der Waals surface area contributed by atoms with Crippen molar-refractivity contribution in [2.75, 3.05) is 13.7 Å². The van der Waals surface area contributed by atoms with Crippen molar-refractivity contribution >= 4 is 18.4 Å². The molecule has 0 heterocycles. The molecule has 122 valence electrons. The molecule has 0 saturated carbocycles. The minimum absolute atomic E-state index is 0.0440. The summed E-state index contributed by atoms with van der Waals surface area (Å²) >= 11 is 0. The highest BCUT2D eigenvalue weighted by Gasteiger charge is 2.36. The molecule has 2 unspecified atom stereocenters. The van der Waals surface area contributed by atoms with Gasteiger partial charge >= 0.3 is 0 Å². The van der Waals surface area contributed by atoms with E-state index in [4.69, 9.17) is 4.52 Å². The van der Waals surface area contributed by atoms with Crippen LogP contribution in [0.5, 0.6) is 0 Å². The van der Waals surface area contributed by atoms with Gasteiger partial charge in [-0.2, -0.15) is 0 Å². The van der Waals surface area contributed by atoms with E-state index >= 15 is 0 Å². The van der Waals surface area contributed by atoms with E-state index in [9.17, 15) is 14.7 Å². The highest BCUT2D eigenvalue weighted by Crippen LogP contribution is 2.57. The normalized spacial score (nSPS) is 14.9. The van der Waals surface area contributed by atoms with Crippen LogP contribution in [0, 0.1) is 10.1 Å². The average Bonchev–Trinajstić information content (AvgIpc) is 2.57. The summed E-state index contributed by atoms with van der Waals surface area (Å²) in [6.07, 6.45) is 0. The first-order valence-corrected chi connectivity index (χ1v) is 8.93. The van der Waals surface area contributed by atoms with Crippen molar-refractivity contribution in [1.29, 1.82) is 0 Å². The van der Waals surface area contributed by atoms with Gasteiger partial charge in [0.25, 0.3) is 13.1 Å². The van der Waals surface area contributed by atoms with E-state index in [1.165, 1.54) is 24.3 Å². The molecule has 23 heavy (non-hydrogen) atoms. The van der Waals surface area contributed by atoms with E-state index in [1.807, 2.05) is 30.3 Å². The van der Waals surface area contributed by atoms with E-state index in [1.54, 1.807) is 14.0 Å². The first-order valence-electron chi connectivity index (χ1n) is 7.24. The van der Waals surface area contributed by atoms with Crippen molar-refractivity contribution in [2.24, 2.45) is 0 Å². The third kappa shape index (κ3) is 3.67. The quantitative estimate of drug-likeness (QED) is 0.476. The smallest absolute Gasteiger partial charge is 0.269 e. The monoisotopic (exact) mass is 334 g/mol. The molecule has 2 atom stereocenters. The molecule has 1 N–H and O–H groups in total. The number of hydrogen-bond donors (Lipinski definition) is 1. The number of nitro benzene ring substituents is 1. The largest absolute Gasteiger partial charge is 0.324 e. The Morgan fingerprint density at radius 2 is 1.78 bits per heavy atom. The predicted octanol–water partition coefficient (Wildman–Crippen LogP) is 3.45. The lowest BCUT2D eigenvalue weighted by Gasteiger charge is -2.27. The number of hydrogen-bond acceptors (Lipinski definition) is 5. The number of nitrogens with one attached hydrogen (secondary N) is 1. The van der Waals surface area contributed by atoms with Gasteiger partial charge in [0.1, 0.15) is 5.78 Å². The van der Waals surface area contributed by atoms with Crippen molar-refractivity contribution in [3.8, 4) is 0 Å². The summed E-state index contributed by atoms with van der Waals surface area (Å²) in [6, 6.07) is 15.1. The Hall–Kier alpha value is -2.01. The molecule has 0 aliphatic heterocycles. The molecule has 0 spiro atoms. The molecule has 0 aliphatic carbocycles. The van der Waals surface area contributed by atoms with Crippen LogP contribution in [0.15, 0.2) is 54.6 Å². The van der Waals surface area contributed by atoms with Crippen molar-refractivity contribution in [3.63, 3.8) is 0 Å². The van der Waals surface area contributed by atoms with E-state index < -0.39 is 18.1 Å². The first kappa shape index (κ1) is 17.3. The maximum atomic E-state index is 13.6. The Bertz CT molecular complexity index is 704.